The summed E-state index contributed by atoms with van der Waals surface area (Å²) < 4.78 is 10.9. The van der Waals surface area contributed by atoms with E-state index in [9.17, 15) is 14.4 Å². The topological polar surface area (TPSA) is 93.7 Å². The molecule has 2 unspecified atom stereocenters. The summed E-state index contributed by atoms with van der Waals surface area (Å²) >= 11 is 0. The van der Waals surface area contributed by atoms with Gasteiger partial charge in [0.15, 0.2) is 11.9 Å². The Hall–Kier alpha value is -2.57. The van der Waals surface area contributed by atoms with Crippen LogP contribution in [0.3, 0.4) is 0 Å². The zero-order valence-corrected chi connectivity index (χ0v) is 18.5. The summed E-state index contributed by atoms with van der Waals surface area (Å²) in [5.74, 6) is 0.407. The van der Waals surface area contributed by atoms with Crippen LogP contribution >= 0.6 is 0 Å². The lowest BCUT2D eigenvalue weighted by Gasteiger charge is -2.25. The van der Waals surface area contributed by atoms with Crippen molar-refractivity contribution in [1.82, 2.24) is 10.6 Å². The Balaban J connectivity index is 2.67. The molecule has 0 heterocycles. The summed E-state index contributed by atoms with van der Waals surface area (Å²) in [6, 6.07) is 6.46. The lowest BCUT2D eigenvalue weighted by atomic mass is 10.0. The second-order valence-electron chi connectivity index (χ2n) is 8.56. The Labute approximate surface area is 173 Å². The monoisotopic (exact) mass is 406 g/mol. The van der Waals surface area contributed by atoms with Crippen molar-refractivity contribution in [3.63, 3.8) is 0 Å². The van der Waals surface area contributed by atoms with Gasteiger partial charge in [0.1, 0.15) is 11.4 Å². The largest absolute Gasteiger partial charge is 0.481 e. The molecule has 0 aliphatic carbocycles. The predicted molar refractivity (Wildman–Crippen MR) is 112 cm³/mol. The molecule has 0 aliphatic heterocycles. The first-order chi connectivity index (χ1) is 13.4. The van der Waals surface area contributed by atoms with Gasteiger partial charge in [0, 0.05) is 18.2 Å². The molecule has 1 aromatic carbocycles. The minimum atomic E-state index is -0.756. The third-order valence-corrected chi connectivity index (χ3v) is 3.92. The molecule has 1 aromatic rings. The summed E-state index contributed by atoms with van der Waals surface area (Å²) in [5.41, 5.74) is -0.0631. The highest BCUT2D eigenvalue weighted by Crippen LogP contribution is 2.16. The maximum absolute atomic E-state index is 12.6. The molecule has 1 rings (SSSR count). The van der Waals surface area contributed by atoms with Crippen LogP contribution in [0.5, 0.6) is 5.75 Å². The number of carbonyl (C=O) groups excluding carboxylic acids is 3. The van der Waals surface area contributed by atoms with E-state index in [1.807, 2.05) is 13.8 Å². The molecule has 0 spiro atoms. The minimum absolute atomic E-state index is 0.0715. The summed E-state index contributed by atoms with van der Waals surface area (Å²) in [7, 11) is 0. The Kier molecular flexibility index (Phi) is 9.14. The van der Waals surface area contributed by atoms with Gasteiger partial charge in [0.25, 0.3) is 5.91 Å². The van der Waals surface area contributed by atoms with E-state index >= 15 is 0 Å². The first-order valence-corrected chi connectivity index (χ1v) is 9.92. The van der Waals surface area contributed by atoms with Crippen molar-refractivity contribution in [3.05, 3.63) is 29.8 Å². The molecule has 2 atom stereocenters. The van der Waals surface area contributed by atoms with Crippen molar-refractivity contribution in [1.29, 1.82) is 0 Å². The Morgan fingerprint density at radius 2 is 1.76 bits per heavy atom. The van der Waals surface area contributed by atoms with E-state index in [2.05, 4.69) is 10.6 Å². The van der Waals surface area contributed by atoms with Gasteiger partial charge in [-0.2, -0.15) is 0 Å². The van der Waals surface area contributed by atoms with Crippen LogP contribution in [-0.2, 0) is 9.53 Å². The van der Waals surface area contributed by atoms with E-state index in [4.69, 9.17) is 9.47 Å². The molecule has 2 amide bonds. The Morgan fingerprint density at radius 1 is 1.10 bits per heavy atom. The maximum Gasteiger partial charge on any atom is 0.407 e. The van der Waals surface area contributed by atoms with Crippen molar-refractivity contribution < 1.29 is 23.9 Å². The van der Waals surface area contributed by atoms with Gasteiger partial charge in [-0.25, -0.2) is 4.79 Å². The summed E-state index contributed by atoms with van der Waals surface area (Å²) in [5, 5.41) is 5.63. The molecule has 7 heteroatoms. The fourth-order valence-corrected chi connectivity index (χ4v) is 2.65. The fraction of sp³-hybridized carbons (Fsp3) is 0.591. The molecule has 0 radical (unpaired) electrons. The summed E-state index contributed by atoms with van der Waals surface area (Å²) in [4.78, 5) is 36.0. The molecule has 0 fully saturated rings. The summed E-state index contributed by atoms with van der Waals surface area (Å²) in [6.07, 6.45) is -0.590. The molecule has 2 N–H and O–H groups in total. The predicted octanol–water partition coefficient (Wildman–Crippen LogP) is 3.71. The molecule has 0 saturated carbocycles. The highest BCUT2D eigenvalue weighted by atomic mass is 16.6. The standard InChI is InChI=1S/C22H34N2O5/c1-14(2)11-18(13-23-21(27)29-22(5,6)7)24-20(26)16(4)28-19-10-8-9-17(12-19)15(3)25/h8-10,12,14,16,18H,11,13H2,1-7H3,(H,23,27)(H,24,26). The molecular formula is C22H34N2O5. The number of nitrogens with one attached hydrogen (secondary N) is 2. The van der Waals surface area contributed by atoms with Gasteiger partial charge < -0.3 is 20.1 Å². The van der Waals surface area contributed by atoms with E-state index in [1.54, 1.807) is 52.0 Å². The van der Waals surface area contributed by atoms with Crippen LogP contribution in [0.1, 0.15) is 65.2 Å². The van der Waals surface area contributed by atoms with Gasteiger partial charge in [-0.3, -0.25) is 9.59 Å². The number of hydrogen-bond donors (Lipinski definition) is 2. The number of Topliss-reactive ketones (excluding diaryl/α,β-unsaturated/α-hetero) is 1. The normalized spacial score (nSPS) is 13.4. The van der Waals surface area contributed by atoms with Crippen LogP contribution in [-0.4, -0.2) is 42.1 Å². The van der Waals surface area contributed by atoms with Gasteiger partial charge in [-0.15, -0.1) is 0 Å². The van der Waals surface area contributed by atoms with Crippen LogP contribution in [0, 0.1) is 5.92 Å². The fourth-order valence-electron chi connectivity index (χ4n) is 2.65. The van der Waals surface area contributed by atoms with Gasteiger partial charge in [-0.1, -0.05) is 26.0 Å². The number of amides is 2. The number of alkyl carbamates (subject to hydrolysis) is 1. The Bertz CT molecular complexity index is 709. The third kappa shape index (κ3) is 9.96. The first kappa shape index (κ1) is 24.5. The lowest BCUT2D eigenvalue weighted by Crippen LogP contribution is -2.48. The molecule has 7 nitrogen and oxygen atoms in total. The lowest BCUT2D eigenvalue weighted by molar-refractivity contribution is -0.128. The minimum Gasteiger partial charge on any atom is -0.481 e. The van der Waals surface area contributed by atoms with Gasteiger partial charge >= 0.3 is 6.09 Å². The first-order valence-electron chi connectivity index (χ1n) is 9.92. The van der Waals surface area contributed by atoms with Gasteiger partial charge in [0.2, 0.25) is 0 Å². The molecule has 0 saturated heterocycles. The van der Waals surface area contributed by atoms with E-state index in [1.165, 1.54) is 6.92 Å². The second-order valence-corrected chi connectivity index (χ2v) is 8.56. The SMILES string of the molecule is CC(=O)c1cccc(OC(C)C(=O)NC(CNC(=O)OC(C)(C)C)CC(C)C)c1. The van der Waals surface area contributed by atoms with Crippen molar-refractivity contribution in [2.45, 2.75) is 72.6 Å². The Morgan fingerprint density at radius 3 is 2.31 bits per heavy atom. The van der Waals surface area contributed by atoms with Crippen LogP contribution in [0.4, 0.5) is 4.79 Å². The van der Waals surface area contributed by atoms with Crippen LogP contribution in [0.15, 0.2) is 24.3 Å². The average molecular weight is 407 g/mol. The average Bonchev–Trinajstić information content (AvgIpc) is 2.57. The molecule has 0 bridgehead atoms. The number of ketones is 1. The van der Waals surface area contributed by atoms with Crippen LogP contribution in [0.2, 0.25) is 0 Å². The number of hydrogen-bond acceptors (Lipinski definition) is 5. The van der Waals surface area contributed by atoms with Gasteiger partial charge in [0.05, 0.1) is 0 Å². The summed E-state index contributed by atoms with van der Waals surface area (Å²) in [6.45, 7) is 12.8. The van der Waals surface area contributed by atoms with Crippen molar-refractivity contribution >= 4 is 17.8 Å². The number of benzene rings is 1. The van der Waals surface area contributed by atoms with Crippen LogP contribution in [0.25, 0.3) is 0 Å². The van der Waals surface area contributed by atoms with E-state index < -0.39 is 17.8 Å². The zero-order chi connectivity index (χ0) is 22.2. The number of ether oxygens (including phenoxy) is 2. The smallest absolute Gasteiger partial charge is 0.407 e. The van der Waals surface area contributed by atoms with Crippen molar-refractivity contribution in [2.75, 3.05) is 6.54 Å². The van der Waals surface area contributed by atoms with Crippen molar-refractivity contribution in [3.8, 4) is 5.75 Å². The van der Waals surface area contributed by atoms with Crippen molar-refractivity contribution in [2.24, 2.45) is 5.92 Å². The number of carbonyl (C=O) groups is 3. The molecular weight excluding hydrogens is 372 g/mol. The number of rotatable bonds is 9. The highest BCUT2D eigenvalue weighted by Gasteiger charge is 2.22. The van der Waals surface area contributed by atoms with E-state index in [0.717, 1.165) is 0 Å². The second kappa shape index (κ2) is 10.8. The third-order valence-electron chi connectivity index (χ3n) is 3.92. The quantitative estimate of drug-likeness (QED) is 0.610. The highest BCUT2D eigenvalue weighted by molar-refractivity contribution is 5.94. The molecule has 0 aromatic heterocycles. The van der Waals surface area contributed by atoms with E-state index in [0.29, 0.717) is 23.7 Å². The molecule has 29 heavy (non-hydrogen) atoms. The maximum atomic E-state index is 12.6. The molecule has 0 aliphatic rings. The molecule has 162 valence electrons. The zero-order valence-electron chi connectivity index (χ0n) is 18.5. The van der Waals surface area contributed by atoms with Gasteiger partial charge in [-0.05, 0) is 59.1 Å². The van der Waals surface area contributed by atoms with E-state index in [-0.39, 0.29) is 24.3 Å². The van der Waals surface area contributed by atoms with Crippen LogP contribution < -0.4 is 15.4 Å².